The van der Waals surface area contributed by atoms with E-state index in [0.29, 0.717) is 16.5 Å². The summed E-state index contributed by atoms with van der Waals surface area (Å²) in [6, 6.07) is 6.95. The lowest BCUT2D eigenvalue weighted by molar-refractivity contribution is -0.115. The number of thioether (sulfide) groups is 1. The number of aromatic nitrogens is 3. The van der Waals surface area contributed by atoms with Gasteiger partial charge in [0.1, 0.15) is 6.33 Å². The summed E-state index contributed by atoms with van der Waals surface area (Å²) in [5.41, 5.74) is 1.36. The Morgan fingerprint density at radius 2 is 1.77 bits per heavy atom. The molecule has 1 atom stereocenters. The number of hydrogen-bond acceptors (Lipinski definition) is 5. The maximum absolute atomic E-state index is 12.2. The lowest BCUT2D eigenvalue weighted by Crippen LogP contribution is -2.22. The second-order valence-electron chi connectivity index (χ2n) is 4.73. The lowest BCUT2D eigenvalue weighted by Gasteiger charge is -2.11. The fraction of sp³-hybridized carbons (Fsp3) is 0.286. The predicted octanol–water partition coefficient (Wildman–Crippen LogP) is 1.89. The van der Waals surface area contributed by atoms with Crippen molar-refractivity contribution >= 4 is 35.0 Å². The topological polar surface area (TPSA) is 88.9 Å². The van der Waals surface area contributed by atoms with Crippen LogP contribution in [0.3, 0.4) is 0 Å². The first-order chi connectivity index (χ1) is 10.5. The van der Waals surface area contributed by atoms with Crippen LogP contribution in [0.25, 0.3) is 0 Å². The number of amides is 2. The first kappa shape index (κ1) is 16.0. The van der Waals surface area contributed by atoms with Crippen molar-refractivity contribution in [3.05, 3.63) is 30.6 Å². The monoisotopic (exact) mass is 319 g/mol. The van der Waals surface area contributed by atoms with Crippen molar-refractivity contribution in [2.45, 2.75) is 24.3 Å². The van der Waals surface area contributed by atoms with Crippen LogP contribution in [0.15, 0.2) is 35.7 Å². The third-order valence-corrected chi connectivity index (χ3v) is 3.94. The highest BCUT2D eigenvalue weighted by Crippen LogP contribution is 2.21. The number of rotatable bonds is 5. The molecule has 22 heavy (non-hydrogen) atoms. The van der Waals surface area contributed by atoms with E-state index in [1.165, 1.54) is 18.7 Å². The molecule has 7 nitrogen and oxygen atoms in total. The maximum atomic E-state index is 12.2. The van der Waals surface area contributed by atoms with E-state index in [1.54, 1.807) is 42.1 Å². The van der Waals surface area contributed by atoms with Gasteiger partial charge in [0, 0.05) is 25.3 Å². The molecule has 1 heterocycles. The van der Waals surface area contributed by atoms with Gasteiger partial charge in [-0.25, -0.2) is 0 Å². The predicted molar refractivity (Wildman–Crippen MR) is 85.7 cm³/mol. The lowest BCUT2D eigenvalue weighted by atomic mass is 10.2. The van der Waals surface area contributed by atoms with Crippen LogP contribution in [0.4, 0.5) is 11.4 Å². The van der Waals surface area contributed by atoms with Gasteiger partial charge in [0.15, 0.2) is 5.16 Å². The summed E-state index contributed by atoms with van der Waals surface area (Å²) in [5, 5.41) is 13.6. The van der Waals surface area contributed by atoms with E-state index < -0.39 is 0 Å². The number of nitrogens with one attached hydrogen (secondary N) is 2. The van der Waals surface area contributed by atoms with Crippen LogP contribution in [-0.2, 0) is 16.6 Å². The largest absolute Gasteiger partial charge is 0.326 e. The molecule has 0 bridgehead atoms. The summed E-state index contributed by atoms with van der Waals surface area (Å²) in [7, 11) is 1.83. The molecule has 0 unspecified atom stereocenters. The molecule has 2 N–H and O–H groups in total. The van der Waals surface area contributed by atoms with Crippen molar-refractivity contribution in [3.8, 4) is 0 Å². The summed E-state index contributed by atoms with van der Waals surface area (Å²) >= 11 is 1.34. The normalized spacial score (nSPS) is 11.8. The highest BCUT2D eigenvalue weighted by Gasteiger charge is 2.17. The van der Waals surface area contributed by atoms with Gasteiger partial charge >= 0.3 is 0 Å². The van der Waals surface area contributed by atoms with Gasteiger partial charge in [-0.15, -0.1) is 10.2 Å². The molecular formula is C14H17N5O2S. The summed E-state index contributed by atoms with van der Waals surface area (Å²) in [6.07, 6.45) is 1.59. The van der Waals surface area contributed by atoms with Gasteiger partial charge in [-0.2, -0.15) is 0 Å². The van der Waals surface area contributed by atoms with E-state index in [1.807, 2.05) is 7.05 Å². The van der Waals surface area contributed by atoms with Crippen molar-refractivity contribution in [2.75, 3.05) is 10.6 Å². The zero-order valence-corrected chi connectivity index (χ0v) is 13.3. The number of aryl methyl sites for hydroxylation is 1. The Labute approximate surface area is 132 Å². The van der Waals surface area contributed by atoms with Crippen molar-refractivity contribution in [2.24, 2.45) is 7.05 Å². The molecule has 116 valence electrons. The molecule has 0 radical (unpaired) electrons. The van der Waals surface area contributed by atoms with Gasteiger partial charge < -0.3 is 15.2 Å². The van der Waals surface area contributed by atoms with E-state index in [0.717, 1.165) is 0 Å². The Kier molecular flexibility index (Phi) is 5.16. The molecule has 1 aromatic carbocycles. The third-order valence-electron chi connectivity index (χ3n) is 2.79. The number of hydrogen-bond donors (Lipinski definition) is 2. The van der Waals surface area contributed by atoms with E-state index in [2.05, 4.69) is 20.8 Å². The molecule has 2 rings (SSSR count). The number of nitrogens with zero attached hydrogens (tertiary/aromatic N) is 3. The van der Waals surface area contributed by atoms with E-state index >= 15 is 0 Å². The smallest absolute Gasteiger partial charge is 0.237 e. The van der Waals surface area contributed by atoms with Crippen molar-refractivity contribution in [1.82, 2.24) is 14.8 Å². The third kappa shape index (κ3) is 4.32. The van der Waals surface area contributed by atoms with Gasteiger partial charge in [-0.05, 0) is 31.2 Å². The minimum absolute atomic E-state index is 0.125. The van der Waals surface area contributed by atoms with Crippen LogP contribution in [0.2, 0.25) is 0 Å². The molecule has 8 heteroatoms. The number of carbonyl (C=O) groups excluding carboxylic acids is 2. The Bertz CT molecular complexity index is 668. The molecule has 0 fully saturated rings. The van der Waals surface area contributed by atoms with Gasteiger partial charge in [0.05, 0.1) is 5.25 Å². The number of carbonyl (C=O) groups is 2. The zero-order chi connectivity index (χ0) is 16.1. The first-order valence-corrected chi connectivity index (χ1v) is 7.53. The minimum Gasteiger partial charge on any atom is -0.326 e. The maximum Gasteiger partial charge on any atom is 0.237 e. The van der Waals surface area contributed by atoms with E-state index in [4.69, 9.17) is 0 Å². The Morgan fingerprint density at radius 3 is 2.27 bits per heavy atom. The quantitative estimate of drug-likeness (QED) is 0.822. The highest BCUT2D eigenvalue weighted by molar-refractivity contribution is 8.00. The van der Waals surface area contributed by atoms with Crippen LogP contribution in [-0.4, -0.2) is 31.8 Å². The summed E-state index contributed by atoms with van der Waals surface area (Å²) < 4.78 is 1.76. The van der Waals surface area contributed by atoms with Gasteiger partial charge in [-0.1, -0.05) is 11.8 Å². The Balaban J connectivity index is 1.93. The van der Waals surface area contributed by atoms with Crippen LogP contribution < -0.4 is 10.6 Å². The SMILES string of the molecule is CC(=O)Nc1ccc(NC(=O)[C@@H](C)Sc2nncn2C)cc1. The van der Waals surface area contributed by atoms with Crippen LogP contribution >= 0.6 is 11.8 Å². The minimum atomic E-state index is -0.307. The molecule has 0 saturated heterocycles. The van der Waals surface area contributed by atoms with E-state index in [-0.39, 0.29) is 17.1 Å². The molecule has 0 aliphatic rings. The molecule has 2 amide bonds. The Morgan fingerprint density at radius 1 is 1.18 bits per heavy atom. The van der Waals surface area contributed by atoms with E-state index in [9.17, 15) is 9.59 Å². The van der Waals surface area contributed by atoms with Crippen molar-refractivity contribution < 1.29 is 9.59 Å². The molecule has 0 spiro atoms. The molecule has 0 saturated carbocycles. The zero-order valence-electron chi connectivity index (χ0n) is 12.5. The summed E-state index contributed by atoms with van der Waals surface area (Å²) in [4.78, 5) is 23.1. The molecule has 1 aromatic heterocycles. The van der Waals surface area contributed by atoms with Crippen molar-refractivity contribution in [1.29, 1.82) is 0 Å². The molecule has 2 aromatic rings. The van der Waals surface area contributed by atoms with Crippen LogP contribution in [0.5, 0.6) is 0 Å². The standard InChI is InChI=1S/C14H17N5O2S/c1-9(22-14-18-15-8-19(14)3)13(21)17-12-6-4-11(5-7-12)16-10(2)20/h4-9H,1-3H3,(H,16,20)(H,17,21)/t9-/m1/s1. The highest BCUT2D eigenvalue weighted by atomic mass is 32.2. The summed E-state index contributed by atoms with van der Waals surface area (Å²) in [6.45, 7) is 3.25. The number of anilines is 2. The molecule has 0 aliphatic heterocycles. The molecular weight excluding hydrogens is 302 g/mol. The second kappa shape index (κ2) is 7.08. The van der Waals surface area contributed by atoms with Gasteiger partial charge in [0.2, 0.25) is 11.8 Å². The fourth-order valence-electron chi connectivity index (χ4n) is 1.67. The van der Waals surface area contributed by atoms with Gasteiger partial charge in [0.25, 0.3) is 0 Å². The Hall–Kier alpha value is -2.35. The van der Waals surface area contributed by atoms with Gasteiger partial charge in [-0.3, -0.25) is 9.59 Å². The molecule has 0 aliphatic carbocycles. The van der Waals surface area contributed by atoms with Crippen molar-refractivity contribution in [3.63, 3.8) is 0 Å². The van der Waals surface area contributed by atoms with Crippen LogP contribution in [0, 0.1) is 0 Å². The summed E-state index contributed by atoms with van der Waals surface area (Å²) in [5.74, 6) is -0.259. The first-order valence-electron chi connectivity index (χ1n) is 6.65. The average molecular weight is 319 g/mol. The second-order valence-corrected chi connectivity index (χ2v) is 6.04. The number of benzene rings is 1. The fourth-order valence-corrected chi connectivity index (χ4v) is 2.46. The van der Waals surface area contributed by atoms with Crippen LogP contribution in [0.1, 0.15) is 13.8 Å². The average Bonchev–Trinajstić information content (AvgIpc) is 2.86.